The van der Waals surface area contributed by atoms with E-state index < -0.39 is 5.06 Å². The lowest BCUT2D eigenvalue weighted by molar-refractivity contribution is 0.106. The SMILES string of the molecule is COC1(Cl)C=CC(CC#N)=CC1. The second-order valence-electron chi connectivity index (χ2n) is 2.64. The lowest BCUT2D eigenvalue weighted by atomic mass is 10.0. The van der Waals surface area contributed by atoms with Crippen molar-refractivity contribution in [3.63, 3.8) is 0 Å². The van der Waals surface area contributed by atoms with Gasteiger partial charge in [0.2, 0.25) is 0 Å². The highest BCUT2D eigenvalue weighted by Crippen LogP contribution is 2.28. The molecule has 1 aliphatic carbocycles. The van der Waals surface area contributed by atoms with Gasteiger partial charge in [-0.15, -0.1) is 0 Å². The first kappa shape index (κ1) is 9.31. The van der Waals surface area contributed by atoms with E-state index in [0.717, 1.165) is 5.57 Å². The molecule has 3 heteroatoms. The van der Waals surface area contributed by atoms with Crippen LogP contribution in [0.25, 0.3) is 0 Å². The number of nitrogens with zero attached hydrogens (tertiary/aromatic N) is 1. The van der Waals surface area contributed by atoms with E-state index in [2.05, 4.69) is 6.07 Å². The largest absolute Gasteiger partial charge is 0.359 e. The second kappa shape index (κ2) is 3.75. The number of hydrogen-bond donors (Lipinski definition) is 0. The molecule has 1 rings (SSSR count). The molecule has 1 atom stereocenters. The molecule has 1 unspecified atom stereocenters. The first-order valence-corrected chi connectivity index (χ1v) is 4.07. The Morgan fingerprint density at radius 2 is 2.58 bits per heavy atom. The van der Waals surface area contributed by atoms with Crippen LogP contribution >= 0.6 is 11.6 Å². The van der Waals surface area contributed by atoms with Crippen LogP contribution in [0.4, 0.5) is 0 Å². The molecule has 0 heterocycles. The molecule has 0 amide bonds. The number of halogens is 1. The lowest BCUT2D eigenvalue weighted by Crippen LogP contribution is -2.21. The third-order valence-electron chi connectivity index (χ3n) is 1.81. The summed E-state index contributed by atoms with van der Waals surface area (Å²) in [6, 6.07) is 2.08. The Morgan fingerprint density at radius 3 is 3.00 bits per heavy atom. The zero-order chi connectivity index (χ0) is 9.03. The van der Waals surface area contributed by atoms with E-state index in [1.807, 2.05) is 12.2 Å². The third-order valence-corrected chi connectivity index (χ3v) is 2.25. The van der Waals surface area contributed by atoms with E-state index in [0.29, 0.717) is 12.8 Å². The van der Waals surface area contributed by atoms with Crippen molar-refractivity contribution in [3.8, 4) is 6.07 Å². The molecule has 0 saturated heterocycles. The van der Waals surface area contributed by atoms with Crippen LogP contribution in [-0.4, -0.2) is 12.2 Å². The predicted molar refractivity (Wildman–Crippen MR) is 47.7 cm³/mol. The number of rotatable bonds is 2. The van der Waals surface area contributed by atoms with Gasteiger partial charge in [0.05, 0.1) is 12.5 Å². The summed E-state index contributed by atoms with van der Waals surface area (Å²) in [7, 11) is 1.57. The van der Waals surface area contributed by atoms with Crippen LogP contribution < -0.4 is 0 Å². The zero-order valence-electron chi connectivity index (χ0n) is 6.88. The average Bonchev–Trinajstić information content (AvgIpc) is 2.10. The third kappa shape index (κ3) is 2.10. The lowest BCUT2D eigenvalue weighted by Gasteiger charge is -2.23. The summed E-state index contributed by atoms with van der Waals surface area (Å²) in [6.07, 6.45) is 6.61. The Labute approximate surface area is 77.1 Å². The summed E-state index contributed by atoms with van der Waals surface area (Å²) in [4.78, 5) is 0. The molecule has 0 bridgehead atoms. The van der Waals surface area contributed by atoms with Crippen LogP contribution in [0.1, 0.15) is 12.8 Å². The smallest absolute Gasteiger partial charge is 0.163 e. The second-order valence-corrected chi connectivity index (χ2v) is 3.28. The molecular formula is C9H10ClNO. The maximum Gasteiger partial charge on any atom is 0.163 e. The van der Waals surface area contributed by atoms with E-state index in [-0.39, 0.29) is 0 Å². The van der Waals surface area contributed by atoms with Gasteiger partial charge in [-0.3, -0.25) is 0 Å². The van der Waals surface area contributed by atoms with E-state index in [4.69, 9.17) is 21.6 Å². The Kier molecular flexibility index (Phi) is 2.91. The maximum absolute atomic E-state index is 8.42. The van der Waals surface area contributed by atoms with Gasteiger partial charge in [0.15, 0.2) is 5.06 Å². The highest BCUT2D eigenvalue weighted by Gasteiger charge is 2.23. The van der Waals surface area contributed by atoms with Gasteiger partial charge < -0.3 is 4.74 Å². The fourth-order valence-corrected chi connectivity index (χ4v) is 1.15. The Hall–Kier alpha value is -0.780. The fourth-order valence-electron chi connectivity index (χ4n) is 1.01. The molecule has 1 aliphatic rings. The highest BCUT2D eigenvalue weighted by atomic mass is 35.5. The molecule has 0 saturated carbocycles. The molecule has 0 fully saturated rings. The number of alkyl halides is 1. The maximum atomic E-state index is 8.42. The fraction of sp³-hybridized carbons (Fsp3) is 0.444. The summed E-state index contributed by atoms with van der Waals surface area (Å²) >= 11 is 5.99. The molecule has 0 aromatic carbocycles. The molecule has 0 aromatic rings. The number of hydrogen-bond acceptors (Lipinski definition) is 2. The van der Waals surface area contributed by atoms with Crippen molar-refractivity contribution in [2.75, 3.05) is 7.11 Å². The first-order chi connectivity index (χ1) is 5.70. The molecule has 0 spiro atoms. The van der Waals surface area contributed by atoms with E-state index >= 15 is 0 Å². The van der Waals surface area contributed by atoms with Gasteiger partial charge in [-0.25, -0.2) is 0 Å². The minimum absolute atomic E-state index is 0.438. The van der Waals surface area contributed by atoms with Crippen LogP contribution in [0.2, 0.25) is 0 Å². The molecule has 0 aliphatic heterocycles. The van der Waals surface area contributed by atoms with Crippen LogP contribution in [0.5, 0.6) is 0 Å². The quantitative estimate of drug-likeness (QED) is 0.616. The first-order valence-electron chi connectivity index (χ1n) is 3.69. The van der Waals surface area contributed by atoms with Crippen molar-refractivity contribution in [1.82, 2.24) is 0 Å². The van der Waals surface area contributed by atoms with Crippen molar-refractivity contribution in [2.24, 2.45) is 0 Å². The minimum atomic E-state index is -0.695. The summed E-state index contributed by atoms with van der Waals surface area (Å²) in [5.41, 5.74) is 1.01. The highest BCUT2D eigenvalue weighted by molar-refractivity contribution is 6.24. The van der Waals surface area contributed by atoms with Crippen LogP contribution in [0, 0.1) is 11.3 Å². The summed E-state index contributed by atoms with van der Waals surface area (Å²) in [5, 5.41) is 7.72. The van der Waals surface area contributed by atoms with Gasteiger partial charge >= 0.3 is 0 Å². The number of methoxy groups -OCH3 is 1. The van der Waals surface area contributed by atoms with Crippen molar-refractivity contribution >= 4 is 11.6 Å². The monoisotopic (exact) mass is 183 g/mol. The molecular weight excluding hydrogens is 174 g/mol. The van der Waals surface area contributed by atoms with Crippen molar-refractivity contribution < 1.29 is 4.74 Å². The molecule has 2 nitrogen and oxygen atoms in total. The standard InChI is InChI=1S/C9H10ClNO/c1-12-9(10)5-2-8(3-6-9)4-7-11/h2-3,5H,4,6H2,1H3. The Bertz CT molecular complexity index is 264. The van der Waals surface area contributed by atoms with Crippen molar-refractivity contribution in [1.29, 1.82) is 5.26 Å². The number of ether oxygens (including phenoxy) is 1. The predicted octanol–water partition coefficient (Wildman–Crippen LogP) is 2.37. The minimum Gasteiger partial charge on any atom is -0.359 e. The van der Waals surface area contributed by atoms with Gasteiger partial charge in [0.25, 0.3) is 0 Å². The van der Waals surface area contributed by atoms with Crippen molar-refractivity contribution in [3.05, 3.63) is 23.8 Å². The van der Waals surface area contributed by atoms with Crippen molar-refractivity contribution in [2.45, 2.75) is 17.9 Å². The van der Waals surface area contributed by atoms with Gasteiger partial charge in [0, 0.05) is 13.5 Å². The van der Waals surface area contributed by atoms with Gasteiger partial charge in [-0.05, 0) is 11.6 Å². The summed E-state index contributed by atoms with van der Waals surface area (Å²) in [6.45, 7) is 0. The average molecular weight is 184 g/mol. The summed E-state index contributed by atoms with van der Waals surface area (Å²) in [5.74, 6) is 0. The van der Waals surface area contributed by atoms with Gasteiger partial charge in [0.1, 0.15) is 0 Å². The molecule has 0 aromatic heterocycles. The normalized spacial score (nSPS) is 27.9. The number of nitriles is 1. The van der Waals surface area contributed by atoms with Crippen LogP contribution in [-0.2, 0) is 4.74 Å². The molecule has 0 N–H and O–H groups in total. The van der Waals surface area contributed by atoms with E-state index in [9.17, 15) is 0 Å². The molecule has 12 heavy (non-hydrogen) atoms. The number of allylic oxidation sites excluding steroid dienone is 2. The van der Waals surface area contributed by atoms with Crippen LogP contribution in [0.3, 0.4) is 0 Å². The summed E-state index contributed by atoms with van der Waals surface area (Å²) < 4.78 is 5.06. The Morgan fingerprint density at radius 1 is 1.83 bits per heavy atom. The zero-order valence-corrected chi connectivity index (χ0v) is 7.64. The van der Waals surface area contributed by atoms with E-state index in [1.165, 1.54) is 0 Å². The molecule has 64 valence electrons. The van der Waals surface area contributed by atoms with Gasteiger partial charge in [-0.2, -0.15) is 5.26 Å². The van der Waals surface area contributed by atoms with Crippen LogP contribution in [0.15, 0.2) is 23.8 Å². The topological polar surface area (TPSA) is 33.0 Å². The van der Waals surface area contributed by atoms with E-state index in [1.54, 1.807) is 13.2 Å². The Balaban J connectivity index is 2.62. The molecule has 0 radical (unpaired) electrons. The van der Waals surface area contributed by atoms with Gasteiger partial charge in [-0.1, -0.05) is 23.8 Å².